The molecule has 0 saturated carbocycles. The van der Waals surface area contributed by atoms with Gasteiger partial charge in [-0.2, -0.15) is 0 Å². The molecule has 0 fully saturated rings. The predicted molar refractivity (Wildman–Crippen MR) is 51.8 cm³/mol. The van der Waals surface area contributed by atoms with E-state index in [4.69, 9.17) is 0 Å². The molecule has 0 unspecified atom stereocenters. The molecule has 0 amide bonds. The lowest BCUT2D eigenvalue weighted by atomic mass is 10.3. The smallest absolute Gasteiger partial charge is 0.176 e. The average Bonchev–Trinajstić information content (AvgIpc) is 1.97. The maximum absolute atomic E-state index is 12.6. The van der Waals surface area contributed by atoms with Crippen molar-refractivity contribution in [3.8, 4) is 0 Å². The summed E-state index contributed by atoms with van der Waals surface area (Å²) in [6, 6.07) is 0.959. The van der Waals surface area contributed by atoms with Gasteiger partial charge in [0.1, 0.15) is 5.82 Å². The number of hydrogen-bond acceptors (Lipinski definition) is 0. The van der Waals surface area contributed by atoms with E-state index in [0.717, 1.165) is 6.07 Å². The first-order valence-corrected chi connectivity index (χ1v) is 4.68. The highest BCUT2D eigenvalue weighted by molar-refractivity contribution is 14.1. The Kier molecular flexibility index (Phi) is 3.01. The van der Waals surface area contributed by atoms with Crippen LogP contribution in [0.1, 0.15) is 0 Å². The lowest BCUT2D eigenvalue weighted by Crippen LogP contribution is -1.96. The molecule has 1 rings (SSSR count). The molecule has 1 aromatic rings. The van der Waals surface area contributed by atoms with Crippen molar-refractivity contribution in [2.24, 2.45) is 0 Å². The van der Waals surface area contributed by atoms with E-state index in [1.165, 1.54) is 45.2 Å². The van der Waals surface area contributed by atoms with Gasteiger partial charge in [-0.05, 0) is 51.2 Å². The molecule has 1 aromatic carbocycles. The molecule has 0 N–H and O–H groups in total. The van der Waals surface area contributed by atoms with E-state index in [1.54, 1.807) is 0 Å². The van der Waals surface area contributed by atoms with Crippen LogP contribution in [-0.4, -0.2) is 0 Å². The van der Waals surface area contributed by atoms with Gasteiger partial charge in [-0.25, -0.2) is 13.2 Å². The van der Waals surface area contributed by atoms with Gasteiger partial charge < -0.3 is 0 Å². The standard InChI is InChI=1S/C6HF3I2/c7-2-1-3(10)4(8)5(9)6(2)11/h1H. The molecular formula is C6HF3I2. The lowest BCUT2D eigenvalue weighted by molar-refractivity contribution is 0.482. The summed E-state index contributed by atoms with van der Waals surface area (Å²) in [5.41, 5.74) is 0. The monoisotopic (exact) mass is 384 g/mol. The minimum absolute atomic E-state index is 0.0435. The number of hydrogen-bond donors (Lipinski definition) is 0. The van der Waals surface area contributed by atoms with E-state index in [1.807, 2.05) is 0 Å². The molecule has 11 heavy (non-hydrogen) atoms. The second kappa shape index (κ2) is 3.46. The van der Waals surface area contributed by atoms with E-state index < -0.39 is 17.5 Å². The molecule has 0 aliphatic carbocycles. The Bertz CT molecular complexity index is 272. The first-order chi connectivity index (χ1) is 5.04. The topological polar surface area (TPSA) is 0 Å². The van der Waals surface area contributed by atoms with Crippen molar-refractivity contribution in [2.75, 3.05) is 0 Å². The first-order valence-electron chi connectivity index (χ1n) is 2.52. The number of rotatable bonds is 0. The van der Waals surface area contributed by atoms with Crippen LogP contribution in [0.25, 0.3) is 0 Å². The van der Waals surface area contributed by atoms with Gasteiger partial charge in [0, 0.05) is 0 Å². The van der Waals surface area contributed by atoms with Gasteiger partial charge in [-0.1, -0.05) is 0 Å². The number of halogens is 5. The minimum atomic E-state index is -1.12. The highest BCUT2D eigenvalue weighted by atomic mass is 127. The number of benzene rings is 1. The van der Waals surface area contributed by atoms with Gasteiger partial charge in [-0.15, -0.1) is 0 Å². The Morgan fingerprint density at radius 2 is 1.55 bits per heavy atom. The largest absolute Gasteiger partial charge is 0.206 e. The zero-order valence-corrected chi connectivity index (χ0v) is 9.28. The summed E-state index contributed by atoms with van der Waals surface area (Å²) in [6.07, 6.45) is 0. The molecule has 0 heterocycles. The molecule has 0 nitrogen and oxygen atoms in total. The molecular weight excluding hydrogens is 383 g/mol. The second-order valence-electron chi connectivity index (χ2n) is 1.78. The van der Waals surface area contributed by atoms with Crippen LogP contribution < -0.4 is 0 Å². The molecule has 0 spiro atoms. The van der Waals surface area contributed by atoms with Crippen LogP contribution in [-0.2, 0) is 0 Å². The van der Waals surface area contributed by atoms with Gasteiger partial charge in [0.15, 0.2) is 11.6 Å². The van der Waals surface area contributed by atoms with Crippen molar-refractivity contribution in [3.63, 3.8) is 0 Å². The van der Waals surface area contributed by atoms with E-state index >= 15 is 0 Å². The van der Waals surface area contributed by atoms with Crippen molar-refractivity contribution in [1.82, 2.24) is 0 Å². The Morgan fingerprint density at radius 1 is 1.00 bits per heavy atom. The maximum atomic E-state index is 12.6. The van der Waals surface area contributed by atoms with Crippen LogP contribution in [0, 0.1) is 24.6 Å². The summed E-state index contributed by atoms with van der Waals surface area (Å²) >= 11 is 2.95. The summed E-state index contributed by atoms with van der Waals surface area (Å²) in [4.78, 5) is 0. The summed E-state index contributed by atoms with van der Waals surface area (Å²) in [5, 5.41) is 0. The van der Waals surface area contributed by atoms with Gasteiger partial charge >= 0.3 is 0 Å². The zero-order valence-electron chi connectivity index (χ0n) is 4.97. The van der Waals surface area contributed by atoms with Crippen LogP contribution in [0.5, 0.6) is 0 Å². The molecule has 0 aliphatic heterocycles. The lowest BCUT2D eigenvalue weighted by Gasteiger charge is -1.99. The van der Waals surface area contributed by atoms with Crippen LogP contribution in [0.15, 0.2) is 6.07 Å². The minimum Gasteiger partial charge on any atom is -0.206 e. The molecule has 0 bridgehead atoms. The fraction of sp³-hybridized carbons (Fsp3) is 0. The SMILES string of the molecule is Fc1cc(I)c(F)c(F)c1I. The summed E-state index contributed by atoms with van der Waals surface area (Å²) in [5.74, 6) is -2.83. The third-order valence-corrected chi connectivity index (χ3v) is 2.83. The predicted octanol–water partition coefficient (Wildman–Crippen LogP) is 3.31. The Labute approximate surface area is 88.5 Å². The highest BCUT2D eigenvalue weighted by Crippen LogP contribution is 2.22. The summed E-state index contributed by atoms with van der Waals surface area (Å²) < 4.78 is 37.5. The first kappa shape index (κ1) is 9.56. The third-order valence-electron chi connectivity index (χ3n) is 1.06. The Hall–Kier alpha value is 0.470. The molecule has 0 atom stereocenters. The average molecular weight is 384 g/mol. The Morgan fingerprint density at radius 3 is 2.09 bits per heavy atom. The van der Waals surface area contributed by atoms with Crippen molar-refractivity contribution in [3.05, 3.63) is 30.7 Å². The summed E-state index contributed by atoms with van der Waals surface area (Å²) in [7, 11) is 0. The van der Waals surface area contributed by atoms with Crippen LogP contribution in [0.4, 0.5) is 13.2 Å². The molecule has 60 valence electrons. The summed E-state index contributed by atoms with van der Waals surface area (Å²) in [6.45, 7) is 0. The van der Waals surface area contributed by atoms with Crippen molar-refractivity contribution in [2.45, 2.75) is 0 Å². The van der Waals surface area contributed by atoms with E-state index in [9.17, 15) is 13.2 Å². The second-order valence-corrected chi connectivity index (χ2v) is 4.02. The van der Waals surface area contributed by atoms with Crippen LogP contribution in [0.2, 0.25) is 0 Å². The van der Waals surface area contributed by atoms with Crippen LogP contribution >= 0.6 is 45.2 Å². The Balaban J connectivity index is 3.46. The van der Waals surface area contributed by atoms with Gasteiger partial charge in [0.25, 0.3) is 0 Å². The molecule has 0 saturated heterocycles. The normalized spacial score (nSPS) is 10.3. The van der Waals surface area contributed by atoms with Crippen molar-refractivity contribution >= 4 is 45.2 Å². The van der Waals surface area contributed by atoms with Crippen molar-refractivity contribution < 1.29 is 13.2 Å². The van der Waals surface area contributed by atoms with Gasteiger partial charge in [0.2, 0.25) is 0 Å². The van der Waals surface area contributed by atoms with Crippen molar-refractivity contribution in [1.29, 1.82) is 0 Å². The van der Waals surface area contributed by atoms with Gasteiger partial charge in [0.05, 0.1) is 7.14 Å². The fourth-order valence-electron chi connectivity index (χ4n) is 0.544. The molecule has 5 heteroatoms. The molecule has 0 aliphatic rings. The quantitative estimate of drug-likeness (QED) is 0.366. The van der Waals surface area contributed by atoms with Crippen LogP contribution in [0.3, 0.4) is 0 Å². The van der Waals surface area contributed by atoms with E-state index in [0.29, 0.717) is 0 Å². The third kappa shape index (κ3) is 1.79. The highest BCUT2D eigenvalue weighted by Gasteiger charge is 2.14. The molecule has 0 radical (unpaired) electrons. The fourth-order valence-corrected chi connectivity index (χ4v) is 1.45. The zero-order chi connectivity index (χ0) is 8.59. The molecule has 0 aromatic heterocycles. The van der Waals surface area contributed by atoms with E-state index in [2.05, 4.69) is 0 Å². The maximum Gasteiger partial charge on any atom is 0.176 e. The van der Waals surface area contributed by atoms with E-state index in [-0.39, 0.29) is 7.14 Å². The van der Waals surface area contributed by atoms with Gasteiger partial charge in [-0.3, -0.25) is 0 Å².